The summed E-state index contributed by atoms with van der Waals surface area (Å²) in [6.07, 6.45) is 0. The quantitative estimate of drug-likeness (QED) is 0.638. The lowest BCUT2D eigenvalue weighted by Crippen LogP contribution is -3.13. The molecule has 1 aliphatic rings. The van der Waals surface area contributed by atoms with E-state index in [1.165, 1.54) is 16.5 Å². The molecule has 27 heavy (non-hydrogen) atoms. The molecule has 0 unspecified atom stereocenters. The Morgan fingerprint density at radius 3 is 2.41 bits per heavy atom. The minimum absolute atomic E-state index is 0.0419. The van der Waals surface area contributed by atoms with E-state index in [0.29, 0.717) is 24.2 Å². The summed E-state index contributed by atoms with van der Waals surface area (Å²) in [5.74, 6) is 0.791. The smallest absolute Gasteiger partial charge is 0.272 e. The molecule has 0 bridgehead atoms. The van der Waals surface area contributed by atoms with Crippen molar-refractivity contribution in [2.75, 3.05) is 33.3 Å². The van der Waals surface area contributed by atoms with Crippen LogP contribution in [-0.2, 0) is 6.54 Å². The van der Waals surface area contributed by atoms with Gasteiger partial charge in [-0.3, -0.25) is 14.9 Å². The number of aryl methyl sites for hydroxylation is 1. The molecule has 3 rings (SSSR count). The van der Waals surface area contributed by atoms with E-state index in [0.717, 1.165) is 25.4 Å². The van der Waals surface area contributed by atoms with Crippen LogP contribution in [-0.4, -0.2) is 49.0 Å². The number of benzene rings is 2. The van der Waals surface area contributed by atoms with Gasteiger partial charge in [0.25, 0.3) is 11.6 Å². The van der Waals surface area contributed by atoms with Crippen LogP contribution < -0.4 is 9.64 Å². The van der Waals surface area contributed by atoms with Crippen molar-refractivity contribution in [3.05, 3.63) is 69.3 Å². The highest BCUT2D eigenvalue weighted by atomic mass is 16.6. The van der Waals surface area contributed by atoms with Crippen molar-refractivity contribution in [1.82, 2.24) is 4.90 Å². The zero-order valence-electron chi connectivity index (χ0n) is 15.6. The number of nitro benzene ring substituents is 1. The second kappa shape index (κ2) is 8.18. The first-order chi connectivity index (χ1) is 13.0. The van der Waals surface area contributed by atoms with Crippen molar-refractivity contribution in [2.24, 2.45) is 0 Å². The van der Waals surface area contributed by atoms with Crippen LogP contribution in [0.5, 0.6) is 5.75 Å². The van der Waals surface area contributed by atoms with Gasteiger partial charge in [-0.15, -0.1) is 0 Å². The van der Waals surface area contributed by atoms with Gasteiger partial charge in [0.15, 0.2) is 0 Å². The molecule has 0 saturated carbocycles. The number of methoxy groups -OCH3 is 1. The maximum Gasteiger partial charge on any atom is 0.272 e. The lowest BCUT2D eigenvalue weighted by molar-refractivity contribution is -0.917. The van der Waals surface area contributed by atoms with Gasteiger partial charge in [0.05, 0.1) is 38.2 Å². The van der Waals surface area contributed by atoms with E-state index in [1.54, 1.807) is 26.2 Å². The van der Waals surface area contributed by atoms with Crippen LogP contribution in [0.25, 0.3) is 0 Å². The summed E-state index contributed by atoms with van der Waals surface area (Å²) in [6, 6.07) is 12.6. The molecule has 0 aromatic heterocycles. The molecule has 0 radical (unpaired) electrons. The summed E-state index contributed by atoms with van der Waals surface area (Å²) in [5, 5.41) is 10.9. The Bertz CT molecular complexity index is 828. The number of hydrogen-bond acceptors (Lipinski definition) is 4. The molecule has 1 N–H and O–H groups in total. The van der Waals surface area contributed by atoms with Crippen LogP contribution in [0, 0.1) is 17.0 Å². The highest BCUT2D eigenvalue weighted by Gasteiger charge is 2.25. The second-order valence-corrected chi connectivity index (χ2v) is 6.83. The van der Waals surface area contributed by atoms with Crippen molar-refractivity contribution >= 4 is 11.6 Å². The molecule has 0 atom stereocenters. The van der Waals surface area contributed by atoms with Crippen molar-refractivity contribution in [3.8, 4) is 5.75 Å². The number of nitrogens with zero attached hydrogens (tertiary/aromatic N) is 2. The van der Waals surface area contributed by atoms with Crippen LogP contribution in [0.1, 0.15) is 21.5 Å². The summed E-state index contributed by atoms with van der Waals surface area (Å²) in [7, 11) is 1.66. The summed E-state index contributed by atoms with van der Waals surface area (Å²) in [4.78, 5) is 26.5. The molecule has 7 heteroatoms. The fourth-order valence-corrected chi connectivity index (χ4v) is 3.41. The largest absolute Gasteiger partial charge is 0.497 e. The Morgan fingerprint density at radius 1 is 1.19 bits per heavy atom. The number of piperazine rings is 1. The maximum atomic E-state index is 12.7. The average molecular weight is 370 g/mol. The predicted octanol–water partition coefficient (Wildman–Crippen LogP) is 1.45. The lowest BCUT2D eigenvalue weighted by Gasteiger charge is -2.32. The second-order valence-electron chi connectivity index (χ2n) is 6.83. The highest BCUT2D eigenvalue weighted by molar-refractivity contribution is 5.94. The van der Waals surface area contributed by atoms with Crippen LogP contribution in [0.2, 0.25) is 0 Å². The van der Waals surface area contributed by atoms with Crippen LogP contribution in [0.15, 0.2) is 42.5 Å². The molecule has 7 nitrogen and oxygen atoms in total. The van der Waals surface area contributed by atoms with Crippen molar-refractivity contribution < 1.29 is 19.4 Å². The molecule has 0 aliphatic carbocycles. The Labute approximate surface area is 158 Å². The van der Waals surface area contributed by atoms with E-state index in [1.807, 2.05) is 17.0 Å². The number of carbonyl (C=O) groups excluding carboxylic acids is 1. The number of ether oxygens (including phenoxy) is 1. The number of carbonyl (C=O) groups is 1. The molecule has 1 aliphatic heterocycles. The van der Waals surface area contributed by atoms with Gasteiger partial charge in [-0.05, 0) is 43.3 Å². The van der Waals surface area contributed by atoms with Crippen molar-refractivity contribution in [2.45, 2.75) is 13.5 Å². The maximum absolute atomic E-state index is 12.7. The summed E-state index contributed by atoms with van der Waals surface area (Å²) < 4.78 is 5.18. The third-order valence-electron chi connectivity index (χ3n) is 5.01. The number of amides is 1. The van der Waals surface area contributed by atoms with Gasteiger partial charge in [-0.1, -0.05) is 0 Å². The minimum atomic E-state index is -0.426. The Kier molecular flexibility index (Phi) is 5.71. The number of quaternary nitrogens is 1. The molecule has 0 spiro atoms. The van der Waals surface area contributed by atoms with Gasteiger partial charge in [0, 0.05) is 22.8 Å². The van der Waals surface area contributed by atoms with Gasteiger partial charge >= 0.3 is 0 Å². The Balaban J connectivity index is 1.57. The van der Waals surface area contributed by atoms with Gasteiger partial charge in [0.2, 0.25) is 0 Å². The fourth-order valence-electron chi connectivity index (χ4n) is 3.41. The van der Waals surface area contributed by atoms with E-state index < -0.39 is 4.92 Å². The molecule has 2 aromatic carbocycles. The average Bonchev–Trinajstić information content (AvgIpc) is 2.68. The molecular weight excluding hydrogens is 346 g/mol. The van der Waals surface area contributed by atoms with E-state index in [9.17, 15) is 14.9 Å². The normalized spacial score (nSPS) is 14.8. The first-order valence-corrected chi connectivity index (χ1v) is 8.98. The molecule has 142 valence electrons. The lowest BCUT2D eigenvalue weighted by atomic mass is 10.1. The van der Waals surface area contributed by atoms with Crippen LogP contribution in [0.3, 0.4) is 0 Å². The Morgan fingerprint density at radius 2 is 1.85 bits per heavy atom. The van der Waals surface area contributed by atoms with E-state index in [-0.39, 0.29) is 11.6 Å². The summed E-state index contributed by atoms with van der Waals surface area (Å²) in [6.45, 7) is 5.70. The number of rotatable bonds is 5. The molecular formula is C20H24N3O4+. The van der Waals surface area contributed by atoms with Gasteiger partial charge in [0.1, 0.15) is 12.3 Å². The highest BCUT2D eigenvalue weighted by Crippen LogP contribution is 2.19. The molecule has 1 fully saturated rings. The number of nitro groups is 1. The third kappa shape index (κ3) is 4.43. The molecule has 1 saturated heterocycles. The SMILES string of the molecule is COc1ccc(C[NH+]2CCN(C(=O)c3ccc([N+](=O)[O-])c(C)c3)CC2)cc1. The van der Waals surface area contributed by atoms with Crippen LogP contribution >= 0.6 is 0 Å². The van der Waals surface area contributed by atoms with Crippen molar-refractivity contribution in [3.63, 3.8) is 0 Å². The minimum Gasteiger partial charge on any atom is -0.497 e. The predicted molar refractivity (Wildman–Crippen MR) is 101 cm³/mol. The van der Waals surface area contributed by atoms with E-state index in [4.69, 9.17) is 4.74 Å². The fraction of sp³-hybridized carbons (Fsp3) is 0.350. The number of hydrogen-bond donors (Lipinski definition) is 1. The number of nitrogens with one attached hydrogen (secondary N) is 1. The van der Waals surface area contributed by atoms with Gasteiger partial charge in [-0.25, -0.2) is 0 Å². The standard InChI is InChI=1S/C20H23N3O4/c1-15-13-17(5-8-19(15)23(25)26)20(24)22-11-9-21(10-12-22)14-16-3-6-18(27-2)7-4-16/h3-8,13H,9-12,14H2,1-2H3/p+1. The Hall–Kier alpha value is -2.93. The van der Waals surface area contributed by atoms with Crippen molar-refractivity contribution in [1.29, 1.82) is 0 Å². The molecule has 2 aromatic rings. The summed E-state index contributed by atoms with van der Waals surface area (Å²) in [5.41, 5.74) is 2.31. The third-order valence-corrected chi connectivity index (χ3v) is 5.01. The summed E-state index contributed by atoms with van der Waals surface area (Å²) >= 11 is 0. The van der Waals surface area contributed by atoms with E-state index >= 15 is 0 Å². The first-order valence-electron chi connectivity index (χ1n) is 8.98. The van der Waals surface area contributed by atoms with Gasteiger partial charge in [-0.2, -0.15) is 0 Å². The molecule has 1 heterocycles. The first kappa shape index (κ1) is 18.8. The van der Waals surface area contributed by atoms with Gasteiger partial charge < -0.3 is 14.5 Å². The zero-order chi connectivity index (χ0) is 19.4. The molecule has 1 amide bonds. The van der Waals surface area contributed by atoms with Crippen LogP contribution in [0.4, 0.5) is 5.69 Å². The monoisotopic (exact) mass is 370 g/mol. The zero-order valence-corrected chi connectivity index (χ0v) is 15.6. The van der Waals surface area contributed by atoms with E-state index in [2.05, 4.69) is 12.1 Å². The topological polar surface area (TPSA) is 77.1 Å².